The van der Waals surface area contributed by atoms with E-state index in [1.54, 1.807) is 18.1 Å². The quantitative estimate of drug-likeness (QED) is 0.152. The number of likely N-dealkylation sites (tertiary alicyclic amines) is 1. The first-order valence-electron chi connectivity index (χ1n) is 18.3. The average Bonchev–Trinajstić information content (AvgIpc) is 3.79. The van der Waals surface area contributed by atoms with Crippen molar-refractivity contribution in [1.29, 1.82) is 0 Å². The number of fused-ring (bicyclic) bond motifs is 2. The summed E-state index contributed by atoms with van der Waals surface area (Å²) >= 11 is 7.23. The number of carbonyl (C=O) groups is 1. The average molecular weight is 771 g/mol. The Labute approximate surface area is 321 Å². The van der Waals surface area contributed by atoms with Gasteiger partial charge in [-0.3, -0.25) is 9.69 Å². The van der Waals surface area contributed by atoms with Crippen LogP contribution in [-0.4, -0.2) is 86.1 Å². The SMILES string of the molecule is COc1nc(-c2cccc(-c3cccc(Nc4nc(C(F)F)cc5cnn(C)c(=O)c45)c3C)c2Cl)cc2c1C(N1CCC3(CCN(CCO)C(=O)N3)C1)CC2. The van der Waals surface area contributed by atoms with Gasteiger partial charge in [-0.25, -0.2) is 28.2 Å². The standard InChI is InChI=1S/C40H41ClF2N8O4/c1-22-25(6-5-9-28(22)45-36-33-24(19-30(46-36)35(42)43)20-44-49(2)38(33)53)26-7-4-8-27(34(26)41)29-18-23-10-11-31(32(23)37(47-29)55-3)51-15-13-40(21-51)12-14-50(16-17-52)39(54)48-40/h4-9,18-20,31,35,52H,10-17,21H2,1-3H3,(H,45,46)(H,48,54). The van der Waals surface area contributed by atoms with Crippen LogP contribution < -0.4 is 20.9 Å². The van der Waals surface area contributed by atoms with Gasteiger partial charge in [0, 0.05) is 67.0 Å². The van der Waals surface area contributed by atoms with E-state index in [-0.39, 0.29) is 40.8 Å². The molecule has 3 aliphatic rings. The van der Waals surface area contributed by atoms with Crippen molar-refractivity contribution >= 4 is 39.9 Å². The van der Waals surface area contributed by atoms with Crippen LogP contribution in [-0.2, 0) is 13.5 Å². The number of nitrogens with zero attached hydrogens (tertiary/aromatic N) is 6. The van der Waals surface area contributed by atoms with E-state index in [1.165, 1.54) is 19.3 Å². The number of amides is 2. The number of hydrogen-bond donors (Lipinski definition) is 3. The highest BCUT2D eigenvalue weighted by Gasteiger charge is 2.46. The molecule has 2 atom stereocenters. The van der Waals surface area contributed by atoms with Gasteiger partial charge in [0.15, 0.2) is 0 Å². The molecule has 0 bridgehead atoms. The Kier molecular flexibility index (Phi) is 9.68. The number of anilines is 2. The van der Waals surface area contributed by atoms with Crippen LogP contribution in [0.25, 0.3) is 33.2 Å². The molecule has 2 fully saturated rings. The number of nitrogens with one attached hydrogen (secondary N) is 2. The summed E-state index contributed by atoms with van der Waals surface area (Å²) in [7, 11) is 3.12. The zero-order valence-electron chi connectivity index (χ0n) is 30.7. The number of aliphatic hydroxyl groups excluding tert-OH is 1. The molecule has 5 aromatic rings. The molecule has 286 valence electrons. The van der Waals surface area contributed by atoms with Crippen LogP contribution in [0.2, 0.25) is 5.02 Å². The zero-order valence-corrected chi connectivity index (χ0v) is 31.5. The number of pyridine rings is 2. The second-order valence-corrected chi connectivity index (χ2v) is 14.9. The summed E-state index contributed by atoms with van der Waals surface area (Å²) < 4.78 is 34.8. The topological polar surface area (TPSA) is 138 Å². The Morgan fingerprint density at radius 3 is 2.62 bits per heavy atom. The number of aryl methyl sites for hydroxylation is 2. The number of urea groups is 1. The minimum atomic E-state index is -2.84. The fourth-order valence-corrected chi connectivity index (χ4v) is 8.80. The molecule has 3 aromatic heterocycles. The zero-order chi connectivity index (χ0) is 38.6. The first-order valence-corrected chi connectivity index (χ1v) is 18.7. The molecule has 0 radical (unpaired) electrons. The van der Waals surface area contributed by atoms with Crippen LogP contribution in [0.5, 0.6) is 5.88 Å². The number of methoxy groups -OCH3 is 1. The van der Waals surface area contributed by atoms with Crippen molar-refractivity contribution in [2.75, 3.05) is 45.2 Å². The molecular weight excluding hydrogens is 730 g/mol. The first kappa shape index (κ1) is 36.8. The lowest BCUT2D eigenvalue weighted by molar-refractivity contribution is 0.127. The fourth-order valence-electron chi connectivity index (χ4n) is 8.48. The molecule has 1 aliphatic carbocycles. The highest BCUT2D eigenvalue weighted by Crippen LogP contribution is 2.47. The number of carbonyl (C=O) groups excluding carboxylic acids is 1. The van der Waals surface area contributed by atoms with Gasteiger partial charge in [-0.2, -0.15) is 5.10 Å². The van der Waals surface area contributed by atoms with Crippen molar-refractivity contribution in [3.05, 3.63) is 92.5 Å². The highest BCUT2D eigenvalue weighted by atomic mass is 35.5. The van der Waals surface area contributed by atoms with Crippen molar-refractivity contribution in [3.8, 4) is 28.3 Å². The number of ether oxygens (including phenoxy) is 1. The number of halogens is 3. The lowest BCUT2D eigenvalue weighted by Crippen LogP contribution is -2.61. The third kappa shape index (κ3) is 6.55. The minimum Gasteiger partial charge on any atom is -0.481 e. The normalized spacial score (nSPS) is 19.7. The maximum Gasteiger partial charge on any atom is 0.317 e. The molecule has 3 N–H and O–H groups in total. The van der Waals surface area contributed by atoms with E-state index in [2.05, 4.69) is 31.7 Å². The van der Waals surface area contributed by atoms with Gasteiger partial charge >= 0.3 is 6.03 Å². The second kappa shape index (κ2) is 14.5. The molecule has 5 heterocycles. The Hall–Kier alpha value is -5.18. The van der Waals surface area contributed by atoms with E-state index >= 15 is 0 Å². The molecule has 1 spiro atoms. The van der Waals surface area contributed by atoms with Crippen molar-refractivity contribution in [3.63, 3.8) is 0 Å². The van der Waals surface area contributed by atoms with E-state index in [9.17, 15) is 23.5 Å². The maximum atomic E-state index is 13.9. The van der Waals surface area contributed by atoms with Gasteiger partial charge in [0.25, 0.3) is 12.0 Å². The molecular formula is C40H41ClF2N8O4. The third-order valence-corrected chi connectivity index (χ3v) is 11.8. The van der Waals surface area contributed by atoms with E-state index in [4.69, 9.17) is 21.3 Å². The van der Waals surface area contributed by atoms with Gasteiger partial charge < -0.3 is 25.4 Å². The summed E-state index contributed by atoms with van der Waals surface area (Å²) in [4.78, 5) is 39.1. The van der Waals surface area contributed by atoms with Gasteiger partial charge in [-0.15, -0.1) is 0 Å². The smallest absolute Gasteiger partial charge is 0.317 e. The Bertz CT molecular complexity index is 2390. The summed E-state index contributed by atoms with van der Waals surface area (Å²) in [6, 6.07) is 14.6. The molecule has 8 rings (SSSR count). The predicted octanol–water partition coefficient (Wildman–Crippen LogP) is 6.55. The molecule has 12 nitrogen and oxygen atoms in total. The Morgan fingerprint density at radius 2 is 1.85 bits per heavy atom. The third-order valence-electron chi connectivity index (χ3n) is 11.4. The van der Waals surface area contributed by atoms with E-state index in [0.29, 0.717) is 35.4 Å². The van der Waals surface area contributed by atoms with Crippen LogP contribution in [0.15, 0.2) is 59.5 Å². The second-order valence-electron chi connectivity index (χ2n) is 14.5. The number of benzene rings is 2. The van der Waals surface area contributed by atoms with Crippen molar-refractivity contribution in [2.45, 2.75) is 50.6 Å². The van der Waals surface area contributed by atoms with E-state index in [0.717, 1.165) is 76.8 Å². The highest BCUT2D eigenvalue weighted by molar-refractivity contribution is 6.36. The van der Waals surface area contributed by atoms with E-state index < -0.39 is 17.7 Å². The predicted molar refractivity (Wildman–Crippen MR) is 206 cm³/mol. The van der Waals surface area contributed by atoms with Gasteiger partial charge in [-0.1, -0.05) is 41.9 Å². The van der Waals surface area contributed by atoms with Crippen LogP contribution in [0.4, 0.5) is 25.1 Å². The molecule has 2 aliphatic heterocycles. The molecule has 2 aromatic carbocycles. The van der Waals surface area contributed by atoms with Gasteiger partial charge in [-0.05, 0) is 67.5 Å². The molecule has 2 saturated heterocycles. The van der Waals surface area contributed by atoms with Gasteiger partial charge in [0.2, 0.25) is 5.88 Å². The molecule has 55 heavy (non-hydrogen) atoms. The number of β-amino-alcohol motifs (C(OH)–C–C–N with tert-alkyl or cyclic N) is 1. The largest absolute Gasteiger partial charge is 0.481 e. The van der Waals surface area contributed by atoms with Crippen molar-refractivity contribution < 1.29 is 23.4 Å². The van der Waals surface area contributed by atoms with Gasteiger partial charge in [0.1, 0.15) is 11.5 Å². The van der Waals surface area contributed by atoms with Crippen LogP contribution >= 0.6 is 11.6 Å². The number of aliphatic hydroxyl groups is 1. The summed E-state index contributed by atoms with van der Waals surface area (Å²) in [5.74, 6) is 0.564. The molecule has 2 amide bonds. The Balaban J connectivity index is 1.09. The number of hydrogen-bond acceptors (Lipinski definition) is 9. The van der Waals surface area contributed by atoms with E-state index in [1.807, 2.05) is 37.3 Å². The summed E-state index contributed by atoms with van der Waals surface area (Å²) in [6.07, 6.45) is 1.95. The molecule has 2 unspecified atom stereocenters. The summed E-state index contributed by atoms with van der Waals surface area (Å²) in [5, 5.41) is 20.6. The number of rotatable bonds is 9. The van der Waals surface area contributed by atoms with Crippen LogP contribution in [0.1, 0.15) is 54.1 Å². The van der Waals surface area contributed by atoms with Crippen molar-refractivity contribution in [1.82, 2.24) is 34.9 Å². The van der Waals surface area contributed by atoms with Crippen LogP contribution in [0.3, 0.4) is 0 Å². The fraction of sp³-hybridized carbons (Fsp3) is 0.375. The monoisotopic (exact) mass is 770 g/mol. The number of alkyl halides is 2. The minimum absolute atomic E-state index is 0.0147. The maximum absolute atomic E-state index is 13.9. The molecule has 15 heteroatoms. The summed E-state index contributed by atoms with van der Waals surface area (Å²) in [6.45, 7) is 4.37. The number of aromatic nitrogens is 4. The molecule has 0 saturated carbocycles. The first-order chi connectivity index (χ1) is 26.5. The summed E-state index contributed by atoms with van der Waals surface area (Å²) in [5.41, 5.74) is 5.28. The Morgan fingerprint density at radius 1 is 1.09 bits per heavy atom. The lowest BCUT2D eigenvalue weighted by atomic mass is 9.92. The van der Waals surface area contributed by atoms with Crippen LogP contribution in [0, 0.1) is 6.92 Å². The van der Waals surface area contributed by atoms with Gasteiger partial charge in [0.05, 0.1) is 41.6 Å². The van der Waals surface area contributed by atoms with Crippen molar-refractivity contribution in [2.24, 2.45) is 7.05 Å². The lowest BCUT2D eigenvalue weighted by Gasteiger charge is -2.40.